The smallest absolute Gasteiger partial charge is 0.261 e. The molecule has 0 saturated heterocycles. The molecule has 18 heavy (non-hydrogen) atoms. The number of nitrogen functional groups attached to an aromatic ring is 1. The Kier molecular flexibility index (Phi) is 5.73. The summed E-state index contributed by atoms with van der Waals surface area (Å²) >= 11 is 5.71. The molecule has 1 aromatic rings. The normalized spacial score (nSPS) is 10.7. The zero-order valence-electron chi connectivity index (χ0n) is 9.33. The van der Waals surface area contributed by atoms with Crippen molar-refractivity contribution in [3.8, 4) is 0 Å². The van der Waals surface area contributed by atoms with Crippen LogP contribution in [-0.4, -0.2) is 37.1 Å². The van der Waals surface area contributed by atoms with E-state index in [1.54, 1.807) is 0 Å². The zero-order chi connectivity index (χ0) is 13.5. The number of alkyl halides is 2. The molecule has 1 rings (SSSR count). The average molecular weight is 280 g/mol. The van der Waals surface area contributed by atoms with Crippen LogP contribution in [0.4, 0.5) is 14.5 Å². The lowest BCUT2D eigenvalue weighted by Crippen LogP contribution is -2.28. The molecule has 0 bridgehead atoms. The Balaban J connectivity index is 2.39. The van der Waals surface area contributed by atoms with Crippen LogP contribution >= 0.6 is 11.6 Å². The summed E-state index contributed by atoms with van der Waals surface area (Å²) in [6, 6.07) is 1.38. The van der Waals surface area contributed by atoms with Gasteiger partial charge in [-0.25, -0.2) is 13.8 Å². The highest BCUT2D eigenvalue weighted by Crippen LogP contribution is 2.15. The molecule has 1 amide bonds. The predicted molar refractivity (Wildman–Crippen MR) is 62.8 cm³/mol. The minimum Gasteiger partial charge on any atom is -0.397 e. The molecular weight excluding hydrogens is 268 g/mol. The molecule has 0 aliphatic carbocycles. The highest BCUT2D eigenvalue weighted by atomic mass is 35.5. The second-order valence-corrected chi connectivity index (χ2v) is 3.69. The number of hydrogen-bond acceptors (Lipinski definition) is 4. The summed E-state index contributed by atoms with van der Waals surface area (Å²) in [5, 5.41) is 2.48. The molecule has 1 aromatic heterocycles. The monoisotopic (exact) mass is 279 g/mol. The van der Waals surface area contributed by atoms with Crippen LogP contribution < -0.4 is 11.1 Å². The molecule has 3 N–H and O–H groups in total. The van der Waals surface area contributed by atoms with Gasteiger partial charge in [0, 0.05) is 6.54 Å². The molecule has 0 aliphatic heterocycles. The SMILES string of the molecule is Nc1cnc(Cl)c(C(=O)NCCOCC(F)F)c1. The number of carbonyl (C=O) groups is 1. The van der Waals surface area contributed by atoms with Crippen LogP contribution in [0.5, 0.6) is 0 Å². The molecule has 100 valence electrons. The maximum absolute atomic E-state index is 11.7. The Labute approximate surface area is 107 Å². The number of amides is 1. The van der Waals surface area contributed by atoms with E-state index in [4.69, 9.17) is 17.3 Å². The summed E-state index contributed by atoms with van der Waals surface area (Å²) in [5.41, 5.74) is 5.90. The van der Waals surface area contributed by atoms with Gasteiger partial charge in [-0.1, -0.05) is 11.6 Å². The first kappa shape index (κ1) is 14.6. The Hall–Kier alpha value is -1.47. The van der Waals surface area contributed by atoms with Crippen LogP contribution in [0, 0.1) is 0 Å². The number of ether oxygens (including phenoxy) is 1. The third-order valence-corrected chi connectivity index (χ3v) is 2.18. The first-order valence-corrected chi connectivity index (χ1v) is 5.43. The van der Waals surface area contributed by atoms with Crippen LogP contribution in [0.2, 0.25) is 5.15 Å². The highest BCUT2D eigenvalue weighted by molar-refractivity contribution is 6.32. The van der Waals surface area contributed by atoms with E-state index in [1.165, 1.54) is 12.3 Å². The Bertz CT molecular complexity index is 418. The molecule has 5 nitrogen and oxygen atoms in total. The number of hydrogen-bond donors (Lipinski definition) is 2. The van der Waals surface area contributed by atoms with Crippen molar-refractivity contribution < 1.29 is 18.3 Å². The van der Waals surface area contributed by atoms with E-state index in [9.17, 15) is 13.6 Å². The highest BCUT2D eigenvalue weighted by Gasteiger charge is 2.11. The van der Waals surface area contributed by atoms with Crippen molar-refractivity contribution in [2.24, 2.45) is 0 Å². The summed E-state index contributed by atoms with van der Waals surface area (Å²) in [6.45, 7) is -0.573. The fourth-order valence-electron chi connectivity index (χ4n) is 1.13. The number of nitrogens with two attached hydrogens (primary N) is 1. The van der Waals surface area contributed by atoms with Gasteiger partial charge in [-0.3, -0.25) is 4.79 Å². The number of rotatable bonds is 6. The van der Waals surface area contributed by atoms with Crippen molar-refractivity contribution in [3.05, 3.63) is 23.0 Å². The van der Waals surface area contributed by atoms with Gasteiger partial charge in [0.05, 0.1) is 24.1 Å². The van der Waals surface area contributed by atoms with E-state index in [2.05, 4.69) is 15.0 Å². The van der Waals surface area contributed by atoms with Gasteiger partial charge in [0.15, 0.2) is 0 Å². The molecule has 0 fully saturated rings. The van der Waals surface area contributed by atoms with Crippen molar-refractivity contribution in [2.75, 3.05) is 25.5 Å². The fourth-order valence-corrected chi connectivity index (χ4v) is 1.32. The summed E-state index contributed by atoms with van der Waals surface area (Å²) in [7, 11) is 0. The molecule has 0 saturated carbocycles. The number of carbonyl (C=O) groups excluding carboxylic acids is 1. The third-order valence-electron chi connectivity index (χ3n) is 1.88. The van der Waals surface area contributed by atoms with E-state index in [0.29, 0.717) is 5.69 Å². The summed E-state index contributed by atoms with van der Waals surface area (Å²) in [5.74, 6) is -0.486. The second-order valence-electron chi connectivity index (χ2n) is 3.33. The summed E-state index contributed by atoms with van der Waals surface area (Å²) in [6.07, 6.45) is -1.20. The molecule has 0 aliphatic rings. The van der Waals surface area contributed by atoms with Crippen molar-refractivity contribution in [3.63, 3.8) is 0 Å². The van der Waals surface area contributed by atoms with Crippen LogP contribution in [-0.2, 0) is 4.74 Å². The van der Waals surface area contributed by atoms with Gasteiger partial charge in [-0.2, -0.15) is 0 Å². The van der Waals surface area contributed by atoms with Crippen molar-refractivity contribution >= 4 is 23.2 Å². The molecule has 0 aromatic carbocycles. The minimum absolute atomic E-state index is 0.0105. The molecule has 0 spiro atoms. The number of nitrogens with one attached hydrogen (secondary N) is 1. The quantitative estimate of drug-likeness (QED) is 0.608. The summed E-state index contributed by atoms with van der Waals surface area (Å²) < 4.78 is 28.1. The number of anilines is 1. The van der Waals surface area contributed by atoms with Crippen LogP contribution in [0.25, 0.3) is 0 Å². The Morgan fingerprint density at radius 3 is 3.00 bits per heavy atom. The van der Waals surface area contributed by atoms with E-state index >= 15 is 0 Å². The fraction of sp³-hybridized carbons (Fsp3) is 0.400. The van der Waals surface area contributed by atoms with Crippen molar-refractivity contribution in [1.82, 2.24) is 10.3 Å². The zero-order valence-corrected chi connectivity index (χ0v) is 10.1. The maximum atomic E-state index is 11.7. The Morgan fingerprint density at radius 1 is 1.61 bits per heavy atom. The van der Waals surface area contributed by atoms with Gasteiger partial charge >= 0.3 is 0 Å². The maximum Gasteiger partial charge on any atom is 0.261 e. The average Bonchev–Trinajstić information content (AvgIpc) is 2.31. The largest absolute Gasteiger partial charge is 0.397 e. The molecule has 0 unspecified atom stereocenters. The van der Waals surface area contributed by atoms with Gasteiger partial charge in [-0.15, -0.1) is 0 Å². The first-order chi connectivity index (χ1) is 8.50. The standard InChI is InChI=1S/C10H12ClF2N3O2/c11-9-7(3-6(14)4-16-9)10(17)15-1-2-18-5-8(12)13/h3-4,8H,1-2,5,14H2,(H,15,17). The van der Waals surface area contributed by atoms with Gasteiger partial charge < -0.3 is 15.8 Å². The van der Waals surface area contributed by atoms with E-state index in [0.717, 1.165) is 0 Å². The molecular formula is C10H12ClF2N3O2. The number of pyridine rings is 1. The lowest BCUT2D eigenvalue weighted by atomic mass is 10.2. The number of halogens is 3. The second kappa shape index (κ2) is 7.07. The molecule has 0 radical (unpaired) electrons. The van der Waals surface area contributed by atoms with Crippen LogP contribution in [0.1, 0.15) is 10.4 Å². The van der Waals surface area contributed by atoms with Gasteiger partial charge in [0.25, 0.3) is 12.3 Å². The van der Waals surface area contributed by atoms with Gasteiger partial charge in [0.2, 0.25) is 0 Å². The van der Waals surface area contributed by atoms with Crippen LogP contribution in [0.3, 0.4) is 0 Å². The third kappa shape index (κ3) is 4.80. The lowest BCUT2D eigenvalue weighted by molar-refractivity contribution is 0.0188. The van der Waals surface area contributed by atoms with E-state index < -0.39 is 18.9 Å². The van der Waals surface area contributed by atoms with E-state index in [1.807, 2.05) is 0 Å². The topological polar surface area (TPSA) is 77.2 Å². The molecule has 1 heterocycles. The van der Waals surface area contributed by atoms with E-state index in [-0.39, 0.29) is 23.9 Å². The van der Waals surface area contributed by atoms with Crippen molar-refractivity contribution in [1.29, 1.82) is 0 Å². The van der Waals surface area contributed by atoms with Gasteiger partial charge in [-0.05, 0) is 6.07 Å². The first-order valence-electron chi connectivity index (χ1n) is 5.06. The summed E-state index contributed by atoms with van der Waals surface area (Å²) in [4.78, 5) is 15.3. The number of nitrogens with zero attached hydrogens (tertiary/aromatic N) is 1. The minimum atomic E-state index is -2.52. The predicted octanol–water partition coefficient (Wildman–Crippen LogP) is 1.33. The van der Waals surface area contributed by atoms with Crippen LogP contribution in [0.15, 0.2) is 12.3 Å². The lowest BCUT2D eigenvalue weighted by Gasteiger charge is -2.07. The van der Waals surface area contributed by atoms with Crippen molar-refractivity contribution in [2.45, 2.75) is 6.43 Å². The Morgan fingerprint density at radius 2 is 2.33 bits per heavy atom. The molecule has 8 heteroatoms. The number of aromatic nitrogens is 1. The molecule has 0 atom stereocenters. The van der Waals surface area contributed by atoms with Gasteiger partial charge in [0.1, 0.15) is 11.8 Å².